The fourth-order valence-corrected chi connectivity index (χ4v) is 2.81. The van der Waals surface area contributed by atoms with E-state index in [-0.39, 0.29) is 18.6 Å². The first-order valence-corrected chi connectivity index (χ1v) is 7.21. The minimum absolute atomic E-state index is 0.0378. The molecule has 2 heterocycles. The topological polar surface area (TPSA) is 56.8 Å². The zero-order valence-corrected chi connectivity index (χ0v) is 11.9. The summed E-state index contributed by atoms with van der Waals surface area (Å²) in [6.07, 6.45) is 0.394. The summed E-state index contributed by atoms with van der Waals surface area (Å²) in [6, 6.07) is 13.2. The molecular formula is C17H15NO4. The first kappa shape index (κ1) is 13.0. The number of benzene rings is 2. The predicted molar refractivity (Wildman–Crippen MR) is 80.5 cm³/mol. The van der Waals surface area contributed by atoms with Crippen LogP contribution in [0.5, 0.6) is 17.2 Å². The minimum atomic E-state index is -0.0378. The van der Waals surface area contributed by atoms with Gasteiger partial charge in [-0.15, -0.1) is 0 Å². The number of carbonyl (C=O) groups excluding carboxylic acids is 1. The molecule has 1 amide bonds. The summed E-state index contributed by atoms with van der Waals surface area (Å²) < 4.78 is 16.2. The molecule has 2 aromatic rings. The van der Waals surface area contributed by atoms with Crippen LogP contribution in [0.2, 0.25) is 0 Å². The van der Waals surface area contributed by atoms with Gasteiger partial charge in [0, 0.05) is 29.7 Å². The van der Waals surface area contributed by atoms with Crippen molar-refractivity contribution in [3.05, 3.63) is 48.0 Å². The van der Waals surface area contributed by atoms with E-state index in [1.165, 1.54) is 0 Å². The van der Waals surface area contributed by atoms with Gasteiger partial charge in [0.15, 0.2) is 11.5 Å². The molecule has 22 heavy (non-hydrogen) atoms. The maximum atomic E-state index is 12.2. The Bertz CT molecular complexity index is 728. The Kier molecular flexibility index (Phi) is 3.11. The second kappa shape index (κ2) is 5.26. The van der Waals surface area contributed by atoms with Crippen molar-refractivity contribution in [3.8, 4) is 17.2 Å². The summed E-state index contributed by atoms with van der Waals surface area (Å²) >= 11 is 0. The van der Waals surface area contributed by atoms with E-state index in [0.29, 0.717) is 30.2 Å². The number of hydrogen-bond acceptors (Lipinski definition) is 4. The molecule has 0 fully saturated rings. The molecule has 0 aliphatic carbocycles. The maximum absolute atomic E-state index is 12.2. The Morgan fingerprint density at radius 1 is 1.05 bits per heavy atom. The van der Waals surface area contributed by atoms with Crippen LogP contribution >= 0.6 is 0 Å². The van der Waals surface area contributed by atoms with Crippen molar-refractivity contribution in [2.75, 3.05) is 18.7 Å². The molecule has 4 rings (SSSR count). The van der Waals surface area contributed by atoms with Crippen LogP contribution < -0.4 is 19.5 Å². The van der Waals surface area contributed by atoms with Gasteiger partial charge in [-0.05, 0) is 18.2 Å². The largest absolute Gasteiger partial charge is 0.493 e. The van der Waals surface area contributed by atoms with E-state index in [1.807, 2.05) is 30.3 Å². The van der Waals surface area contributed by atoms with Gasteiger partial charge in [0.05, 0.1) is 6.61 Å². The minimum Gasteiger partial charge on any atom is -0.493 e. The monoisotopic (exact) mass is 297 g/mol. The Hall–Kier alpha value is -2.69. The first-order valence-electron chi connectivity index (χ1n) is 7.21. The molecule has 2 aliphatic rings. The summed E-state index contributed by atoms with van der Waals surface area (Å²) in [5.74, 6) is 2.31. The summed E-state index contributed by atoms with van der Waals surface area (Å²) in [5, 5.41) is 2.90. The van der Waals surface area contributed by atoms with Crippen LogP contribution in [-0.2, 0) is 4.79 Å². The van der Waals surface area contributed by atoms with Crippen molar-refractivity contribution in [2.45, 2.75) is 12.3 Å². The maximum Gasteiger partial charge on any atom is 0.231 e. The highest BCUT2D eigenvalue weighted by Gasteiger charge is 2.26. The highest BCUT2D eigenvalue weighted by molar-refractivity contribution is 5.91. The van der Waals surface area contributed by atoms with E-state index in [9.17, 15) is 4.79 Å². The number of para-hydroxylation sites is 1. The van der Waals surface area contributed by atoms with Crippen molar-refractivity contribution in [1.82, 2.24) is 0 Å². The van der Waals surface area contributed by atoms with Gasteiger partial charge in [-0.3, -0.25) is 4.79 Å². The summed E-state index contributed by atoms with van der Waals surface area (Å²) in [5.41, 5.74) is 1.81. The standard InChI is InChI=1S/C17H15NO4/c19-17(7-11-9-20-14-4-2-1-3-13(11)14)18-12-5-6-15-16(8-12)22-10-21-15/h1-6,8,11H,7,9-10H2,(H,18,19). The normalized spacial score (nSPS) is 17.7. The SMILES string of the molecule is O=C(CC1COc2ccccc21)Nc1ccc2c(c1)OCO2. The average molecular weight is 297 g/mol. The highest BCUT2D eigenvalue weighted by Crippen LogP contribution is 2.36. The van der Waals surface area contributed by atoms with Crippen molar-refractivity contribution >= 4 is 11.6 Å². The molecule has 1 N–H and O–H groups in total. The van der Waals surface area contributed by atoms with Crippen LogP contribution in [0.15, 0.2) is 42.5 Å². The first-order chi connectivity index (χ1) is 10.8. The molecular weight excluding hydrogens is 282 g/mol. The molecule has 5 heteroatoms. The summed E-state index contributed by atoms with van der Waals surface area (Å²) in [6.45, 7) is 0.775. The molecule has 0 spiro atoms. The van der Waals surface area contributed by atoms with Gasteiger partial charge in [-0.1, -0.05) is 18.2 Å². The number of rotatable bonds is 3. The molecule has 0 radical (unpaired) electrons. The fraction of sp³-hybridized carbons (Fsp3) is 0.235. The molecule has 0 aromatic heterocycles. The lowest BCUT2D eigenvalue weighted by atomic mass is 9.97. The quantitative estimate of drug-likeness (QED) is 0.946. The van der Waals surface area contributed by atoms with Gasteiger partial charge in [0.1, 0.15) is 5.75 Å². The highest BCUT2D eigenvalue weighted by atomic mass is 16.7. The van der Waals surface area contributed by atoms with Crippen molar-refractivity contribution in [3.63, 3.8) is 0 Å². The molecule has 0 saturated heterocycles. The van der Waals surface area contributed by atoms with Crippen LogP contribution in [0.1, 0.15) is 17.9 Å². The van der Waals surface area contributed by atoms with Crippen molar-refractivity contribution < 1.29 is 19.0 Å². The van der Waals surface area contributed by atoms with Crippen LogP contribution in [0, 0.1) is 0 Å². The number of anilines is 1. The number of carbonyl (C=O) groups is 1. The zero-order chi connectivity index (χ0) is 14.9. The zero-order valence-electron chi connectivity index (χ0n) is 11.9. The van der Waals surface area contributed by atoms with Crippen LogP contribution in [0.4, 0.5) is 5.69 Å². The number of amides is 1. The lowest BCUT2D eigenvalue weighted by Gasteiger charge is -2.10. The van der Waals surface area contributed by atoms with Crippen LogP contribution in [0.25, 0.3) is 0 Å². The van der Waals surface area contributed by atoms with Gasteiger partial charge in [0.25, 0.3) is 0 Å². The molecule has 2 aromatic carbocycles. The molecule has 1 unspecified atom stereocenters. The lowest BCUT2D eigenvalue weighted by Crippen LogP contribution is -2.16. The van der Waals surface area contributed by atoms with E-state index >= 15 is 0 Å². The third-order valence-electron chi connectivity index (χ3n) is 3.89. The lowest BCUT2D eigenvalue weighted by molar-refractivity contribution is -0.116. The van der Waals surface area contributed by atoms with E-state index in [4.69, 9.17) is 14.2 Å². The van der Waals surface area contributed by atoms with Gasteiger partial charge in [0.2, 0.25) is 12.7 Å². The van der Waals surface area contributed by atoms with Gasteiger partial charge >= 0.3 is 0 Å². The van der Waals surface area contributed by atoms with Gasteiger partial charge in [-0.25, -0.2) is 0 Å². The molecule has 0 bridgehead atoms. The summed E-state index contributed by atoms with van der Waals surface area (Å²) in [7, 11) is 0. The fourth-order valence-electron chi connectivity index (χ4n) is 2.81. The van der Waals surface area contributed by atoms with E-state index in [0.717, 1.165) is 11.3 Å². The number of fused-ring (bicyclic) bond motifs is 2. The third kappa shape index (κ3) is 2.35. The number of nitrogens with one attached hydrogen (secondary N) is 1. The number of hydrogen-bond donors (Lipinski definition) is 1. The van der Waals surface area contributed by atoms with E-state index in [1.54, 1.807) is 12.1 Å². The number of ether oxygens (including phenoxy) is 3. The third-order valence-corrected chi connectivity index (χ3v) is 3.89. The Labute approximate surface area is 127 Å². The Morgan fingerprint density at radius 2 is 1.91 bits per heavy atom. The molecule has 112 valence electrons. The summed E-state index contributed by atoms with van der Waals surface area (Å²) in [4.78, 5) is 12.2. The molecule has 1 atom stereocenters. The second-order valence-electron chi connectivity index (χ2n) is 5.37. The smallest absolute Gasteiger partial charge is 0.231 e. The van der Waals surface area contributed by atoms with Crippen molar-refractivity contribution in [1.29, 1.82) is 0 Å². The predicted octanol–water partition coefficient (Wildman–Crippen LogP) is 2.92. The van der Waals surface area contributed by atoms with E-state index in [2.05, 4.69) is 5.32 Å². The van der Waals surface area contributed by atoms with Crippen LogP contribution in [0.3, 0.4) is 0 Å². The average Bonchev–Trinajstić information content (AvgIpc) is 3.14. The van der Waals surface area contributed by atoms with Gasteiger partial charge in [-0.2, -0.15) is 0 Å². The Balaban J connectivity index is 1.43. The molecule has 5 nitrogen and oxygen atoms in total. The molecule has 2 aliphatic heterocycles. The molecule has 0 saturated carbocycles. The Morgan fingerprint density at radius 3 is 2.86 bits per heavy atom. The van der Waals surface area contributed by atoms with E-state index < -0.39 is 0 Å². The van der Waals surface area contributed by atoms with Crippen LogP contribution in [-0.4, -0.2) is 19.3 Å². The second-order valence-corrected chi connectivity index (χ2v) is 5.37. The van der Waals surface area contributed by atoms with Gasteiger partial charge < -0.3 is 19.5 Å². The van der Waals surface area contributed by atoms with Crippen molar-refractivity contribution in [2.24, 2.45) is 0 Å².